The van der Waals surface area contributed by atoms with Gasteiger partial charge in [0.25, 0.3) is 5.91 Å². The summed E-state index contributed by atoms with van der Waals surface area (Å²) >= 11 is 0. The van der Waals surface area contributed by atoms with Gasteiger partial charge >= 0.3 is 0 Å². The largest absolute Gasteiger partial charge is 0.389 e. The van der Waals surface area contributed by atoms with Gasteiger partial charge in [-0.3, -0.25) is 4.79 Å². The third-order valence-electron chi connectivity index (χ3n) is 3.96. The summed E-state index contributed by atoms with van der Waals surface area (Å²) < 4.78 is 0. The monoisotopic (exact) mass is 334 g/mol. The first-order valence-corrected chi connectivity index (χ1v) is 8.89. The van der Waals surface area contributed by atoms with Crippen molar-refractivity contribution in [1.29, 1.82) is 0 Å². The zero-order chi connectivity index (χ0) is 17.6. The van der Waals surface area contributed by atoms with E-state index < -0.39 is 12.1 Å². The number of rotatable bonds is 13. The van der Waals surface area contributed by atoms with Gasteiger partial charge in [0.1, 0.15) is 12.3 Å². The van der Waals surface area contributed by atoms with Crippen molar-refractivity contribution < 1.29 is 14.7 Å². The number of carbonyl (C=O) groups is 2. The fraction of sp³-hybridized carbons (Fsp3) is 0.579. The molecule has 0 radical (unpaired) electrons. The zero-order valence-corrected chi connectivity index (χ0v) is 14.5. The fourth-order valence-corrected chi connectivity index (χ4v) is 2.45. The molecule has 2 atom stereocenters. The van der Waals surface area contributed by atoms with Gasteiger partial charge in [0.2, 0.25) is 0 Å². The second kappa shape index (κ2) is 12.7. The number of benzene rings is 1. The van der Waals surface area contributed by atoms with E-state index in [-0.39, 0.29) is 12.5 Å². The number of aldehydes is 1. The Balaban J connectivity index is 2.22. The standard InChI is InChI=1S/C19H30N2O3/c1-2-3-4-5-6-10-13-20-14-18(23)17(15-22)21-19(24)16-11-8-7-9-12-16/h7-9,11-12,15,17-18,20,23H,2-6,10,13-14H2,1H3,(H,21,24)/t17-,18+/m1/s1. The molecule has 24 heavy (non-hydrogen) atoms. The number of aliphatic hydroxyl groups excluding tert-OH is 1. The van der Waals surface area contributed by atoms with E-state index in [0.717, 1.165) is 13.0 Å². The van der Waals surface area contributed by atoms with E-state index in [1.165, 1.54) is 32.1 Å². The van der Waals surface area contributed by atoms with Gasteiger partial charge in [0.15, 0.2) is 0 Å². The Kier molecular flexibility index (Phi) is 10.7. The topological polar surface area (TPSA) is 78.4 Å². The lowest BCUT2D eigenvalue weighted by Crippen LogP contribution is -2.48. The summed E-state index contributed by atoms with van der Waals surface area (Å²) in [4.78, 5) is 23.2. The molecule has 1 rings (SSSR count). The van der Waals surface area contributed by atoms with Gasteiger partial charge in [-0.1, -0.05) is 57.2 Å². The minimum atomic E-state index is -0.935. The van der Waals surface area contributed by atoms with Gasteiger partial charge in [0.05, 0.1) is 6.10 Å². The molecule has 0 aliphatic heterocycles. The number of carbonyl (C=O) groups excluding carboxylic acids is 2. The van der Waals surface area contributed by atoms with Crippen LogP contribution in [0.4, 0.5) is 0 Å². The quantitative estimate of drug-likeness (QED) is 0.382. The molecule has 0 heterocycles. The number of amides is 1. The lowest BCUT2D eigenvalue weighted by atomic mass is 10.1. The van der Waals surface area contributed by atoms with Crippen LogP contribution in [-0.2, 0) is 4.79 Å². The van der Waals surface area contributed by atoms with Gasteiger partial charge in [-0.25, -0.2) is 0 Å². The summed E-state index contributed by atoms with van der Waals surface area (Å²) in [6, 6.07) is 7.75. The first-order chi connectivity index (χ1) is 11.7. The summed E-state index contributed by atoms with van der Waals surface area (Å²) in [6.07, 6.45) is 6.91. The lowest BCUT2D eigenvalue weighted by molar-refractivity contribution is -0.111. The molecule has 0 aliphatic carbocycles. The highest BCUT2D eigenvalue weighted by molar-refractivity contribution is 5.95. The van der Waals surface area contributed by atoms with Crippen LogP contribution in [0.15, 0.2) is 30.3 Å². The molecule has 0 aromatic heterocycles. The second-order valence-corrected chi connectivity index (χ2v) is 6.04. The smallest absolute Gasteiger partial charge is 0.251 e. The van der Waals surface area contributed by atoms with Crippen LogP contribution in [-0.4, -0.2) is 42.5 Å². The zero-order valence-electron chi connectivity index (χ0n) is 14.5. The van der Waals surface area contributed by atoms with Crippen molar-refractivity contribution in [2.45, 2.75) is 57.6 Å². The van der Waals surface area contributed by atoms with Crippen molar-refractivity contribution >= 4 is 12.2 Å². The summed E-state index contributed by atoms with van der Waals surface area (Å²) in [5.41, 5.74) is 0.469. The first-order valence-electron chi connectivity index (χ1n) is 8.89. The molecule has 0 fully saturated rings. The Morgan fingerprint density at radius 1 is 1.12 bits per heavy atom. The van der Waals surface area contributed by atoms with Crippen molar-refractivity contribution in [2.24, 2.45) is 0 Å². The van der Waals surface area contributed by atoms with Crippen LogP contribution in [0.3, 0.4) is 0 Å². The van der Waals surface area contributed by atoms with E-state index in [1.807, 2.05) is 6.07 Å². The van der Waals surface area contributed by atoms with E-state index >= 15 is 0 Å². The lowest BCUT2D eigenvalue weighted by Gasteiger charge is -2.19. The Morgan fingerprint density at radius 2 is 1.79 bits per heavy atom. The molecular weight excluding hydrogens is 304 g/mol. The summed E-state index contributed by atoms with van der Waals surface area (Å²) in [6.45, 7) is 3.29. The fourth-order valence-electron chi connectivity index (χ4n) is 2.45. The highest BCUT2D eigenvalue weighted by atomic mass is 16.3. The maximum Gasteiger partial charge on any atom is 0.251 e. The van der Waals surface area contributed by atoms with Crippen LogP contribution in [0, 0.1) is 0 Å². The molecular formula is C19H30N2O3. The van der Waals surface area contributed by atoms with Crippen LogP contribution in [0.5, 0.6) is 0 Å². The average Bonchev–Trinajstić information content (AvgIpc) is 2.62. The van der Waals surface area contributed by atoms with E-state index in [4.69, 9.17) is 0 Å². The summed E-state index contributed by atoms with van der Waals surface area (Å²) in [7, 11) is 0. The predicted molar refractivity (Wildman–Crippen MR) is 96.0 cm³/mol. The number of hydrogen-bond donors (Lipinski definition) is 3. The van der Waals surface area contributed by atoms with Crippen molar-refractivity contribution in [3.63, 3.8) is 0 Å². The van der Waals surface area contributed by atoms with Gasteiger partial charge in [-0.2, -0.15) is 0 Å². The third-order valence-corrected chi connectivity index (χ3v) is 3.96. The van der Waals surface area contributed by atoms with Crippen LogP contribution in [0.1, 0.15) is 55.8 Å². The van der Waals surface area contributed by atoms with Crippen LogP contribution in [0.25, 0.3) is 0 Å². The van der Waals surface area contributed by atoms with Gasteiger partial charge in [-0.15, -0.1) is 0 Å². The molecule has 1 aromatic rings. The number of nitrogens with one attached hydrogen (secondary N) is 2. The molecule has 3 N–H and O–H groups in total. The van der Waals surface area contributed by atoms with Crippen LogP contribution < -0.4 is 10.6 Å². The Hall–Kier alpha value is -1.72. The maximum absolute atomic E-state index is 12.0. The van der Waals surface area contributed by atoms with E-state index in [9.17, 15) is 14.7 Å². The number of hydrogen-bond acceptors (Lipinski definition) is 4. The molecule has 5 nitrogen and oxygen atoms in total. The Labute approximate surface area is 144 Å². The van der Waals surface area contributed by atoms with Gasteiger partial charge < -0.3 is 20.5 Å². The molecule has 0 unspecified atom stereocenters. The third kappa shape index (κ3) is 8.22. The molecule has 0 spiro atoms. The molecule has 0 bridgehead atoms. The predicted octanol–water partition coefficient (Wildman–Crippen LogP) is 2.29. The first kappa shape index (κ1) is 20.3. The minimum absolute atomic E-state index is 0.285. The number of unbranched alkanes of at least 4 members (excludes halogenated alkanes) is 5. The Morgan fingerprint density at radius 3 is 2.46 bits per heavy atom. The summed E-state index contributed by atoms with van der Waals surface area (Å²) in [5, 5.41) is 15.8. The van der Waals surface area contributed by atoms with E-state index in [0.29, 0.717) is 11.8 Å². The molecule has 0 aliphatic rings. The molecule has 1 amide bonds. The summed E-state index contributed by atoms with van der Waals surface area (Å²) in [5.74, 6) is -0.359. The van der Waals surface area contributed by atoms with Gasteiger partial charge in [-0.05, 0) is 25.1 Å². The second-order valence-electron chi connectivity index (χ2n) is 6.04. The Bertz CT molecular complexity index is 465. The van der Waals surface area contributed by atoms with Crippen LogP contribution in [0.2, 0.25) is 0 Å². The molecule has 0 saturated heterocycles. The highest BCUT2D eigenvalue weighted by Crippen LogP contribution is 2.04. The van der Waals surface area contributed by atoms with Crippen molar-refractivity contribution in [3.05, 3.63) is 35.9 Å². The van der Waals surface area contributed by atoms with E-state index in [2.05, 4.69) is 17.6 Å². The SMILES string of the molecule is CCCCCCCCNC[C@H](O)[C@@H](C=O)NC(=O)c1ccccc1. The average molecular weight is 334 g/mol. The van der Waals surface area contributed by atoms with Crippen molar-refractivity contribution in [3.8, 4) is 0 Å². The number of aliphatic hydroxyl groups is 1. The minimum Gasteiger partial charge on any atom is -0.389 e. The van der Waals surface area contributed by atoms with Crippen LogP contribution >= 0.6 is 0 Å². The van der Waals surface area contributed by atoms with Gasteiger partial charge in [0, 0.05) is 12.1 Å². The molecule has 5 heteroatoms. The molecule has 134 valence electrons. The van der Waals surface area contributed by atoms with E-state index in [1.54, 1.807) is 24.3 Å². The molecule has 1 aromatic carbocycles. The highest BCUT2D eigenvalue weighted by Gasteiger charge is 2.20. The molecule has 0 saturated carbocycles. The maximum atomic E-state index is 12.0. The van der Waals surface area contributed by atoms with Crippen molar-refractivity contribution in [2.75, 3.05) is 13.1 Å². The van der Waals surface area contributed by atoms with Crippen molar-refractivity contribution in [1.82, 2.24) is 10.6 Å². The normalized spacial score (nSPS) is 13.2.